The van der Waals surface area contributed by atoms with Crippen molar-refractivity contribution < 1.29 is 8.68 Å². The Morgan fingerprint density at radius 3 is 3.00 bits per heavy atom. The number of hydrogen-bond acceptors (Lipinski definition) is 4. The number of amides is 1. The summed E-state index contributed by atoms with van der Waals surface area (Å²) >= 11 is 0.0566. The van der Waals surface area contributed by atoms with Gasteiger partial charge in [0.05, 0.1) is 17.6 Å². The molecule has 0 unspecified atom stereocenters. The maximum atomic E-state index is 13.0. The van der Waals surface area contributed by atoms with Crippen LogP contribution in [0.15, 0.2) is 49.2 Å². The fraction of sp³-hybridized carbons (Fsp3) is 0.118. The van der Waals surface area contributed by atoms with E-state index in [2.05, 4.69) is 22.0 Å². The molecule has 0 aliphatic carbocycles. The molecule has 122 valence electrons. The van der Waals surface area contributed by atoms with Crippen LogP contribution in [0.5, 0.6) is 0 Å². The zero-order valence-electron chi connectivity index (χ0n) is 13.0. The molecule has 24 heavy (non-hydrogen) atoms. The predicted octanol–water partition coefficient (Wildman–Crippen LogP) is 4.17. The van der Waals surface area contributed by atoms with Crippen molar-refractivity contribution in [2.45, 2.75) is 13.3 Å². The Balaban J connectivity index is 2.05. The highest BCUT2D eigenvalue weighted by Crippen LogP contribution is 2.28. The number of carbonyl (C=O) groups is 1. The Labute approximate surface area is 143 Å². The van der Waals surface area contributed by atoms with Gasteiger partial charge in [0.2, 0.25) is 5.91 Å². The van der Waals surface area contributed by atoms with Crippen LogP contribution in [-0.4, -0.2) is 20.1 Å². The molecule has 0 spiro atoms. The molecule has 0 aliphatic rings. The van der Waals surface area contributed by atoms with Gasteiger partial charge in [-0.15, -0.1) is 3.89 Å². The number of benzene rings is 1. The number of pyridine rings is 1. The Kier molecular flexibility index (Phi) is 4.61. The summed E-state index contributed by atoms with van der Waals surface area (Å²) in [6.45, 7) is 5.41. The lowest BCUT2D eigenvalue weighted by Crippen LogP contribution is -2.07. The average Bonchev–Trinajstić information content (AvgIpc) is 2.99. The second-order valence-electron chi connectivity index (χ2n) is 5.10. The summed E-state index contributed by atoms with van der Waals surface area (Å²) in [6.07, 6.45) is 3.52. The van der Waals surface area contributed by atoms with Crippen molar-refractivity contribution >= 4 is 34.8 Å². The Morgan fingerprint density at radius 1 is 1.46 bits per heavy atom. The number of rotatable bonds is 5. The van der Waals surface area contributed by atoms with E-state index in [0.29, 0.717) is 17.6 Å². The van der Waals surface area contributed by atoms with Crippen LogP contribution in [0, 0.1) is 0 Å². The van der Waals surface area contributed by atoms with E-state index in [1.54, 1.807) is 12.3 Å². The van der Waals surface area contributed by atoms with E-state index in [1.165, 1.54) is 10.2 Å². The molecule has 0 saturated heterocycles. The Morgan fingerprint density at radius 2 is 2.29 bits per heavy atom. The maximum absolute atomic E-state index is 13.0. The van der Waals surface area contributed by atoms with E-state index in [-0.39, 0.29) is 18.2 Å². The maximum Gasteiger partial charge on any atom is 0.247 e. The number of anilines is 1. The summed E-state index contributed by atoms with van der Waals surface area (Å²) in [4.78, 5) is 15.8. The summed E-state index contributed by atoms with van der Waals surface area (Å²) in [7, 11) is 0. The van der Waals surface area contributed by atoms with Crippen molar-refractivity contribution in [2.24, 2.45) is 0 Å². The number of nitrogens with zero attached hydrogens (tertiary/aromatic N) is 3. The van der Waals surface area contributed by atoms with Gasteiger partial charge in [-0.2, -0.15) is 9.19 Å². The quantitative estimate of drug-likeness (QED) is 0.707. The summed E-state index contributed by atoms with van der Waals surface area (Å²) in [6, 6.07) is 9.25. The van der Waals surface area contributed by atoms with Gasteiger partial charge in [-0.3, -0.25) is 9.78 Å². The summed E-state index contributed by atoms with van der Waals surface area (Å²) < 4.78 is 14.2. The molecule has 2 heterocycles. The minimum absolute atomic E-state index is 0.0566. The zero-order valence-corrected chi connectivity index (χ0v) is 13.8. The second-order valence-corrected chi connectivity index (χ2v) is 5.59. The van der Waals surface area contributed by atoms with Gasteiger partial charge in [-0.05, 0) is 30.7 Å². The zero-order chi connectivity index (χ0) is 17.1. The van der Waals surface area contributed by atoms with E-state index < -0.39 is 0 Å². The minimum Gasteiger partial charge on any atom is -0.323 e. The van der Waals surface area contributed by atoms with Crippen molar-refractivity contribution in [1.82, 2.24) is 14.2 Å². The first-order chi connectivity index (χ1) is 11.7. The molecule has 3 aromatic rings. The van der Waals surface area contributed by atoms with Crippen molar-refractivity contribution in [3.05, 3.63) is 54.9 Å². The first-order valence-electron chi connectivity index (χ1n) is 7.36. The Bertz CT molecular complexity index is 922. The smallest absolute Gasteiger partial charge is 0.247 e. The number of nitrogens with one attached hydrogen (secondary N) is 1. The fourth-order valence-corrected chi connectivity index (χ4v) is 2.82. The number of aromatic nitrogens is 3. The average molecular weight is 342 g/mol. The molecule has 5 nitrogen and oxygen atoms in total. The largest absolute Gasteiger partial charge is 0.323 e. The molecule has 0 atom stereocenters. The number of fused-ring (bicyclic) bond motifs is 1. The lowest BCUT2D eigenvalue weighted by molar-refractivity contribution is -0.111. The van der Waals surface area contributed by atoms with Crippen LogP contribution in [-0.2, 0) is 11.2 Å². The van der Waals surface area contributed by atoms with Gasteiger partial charge in [-0.25, -0.2) is 0 Å². The molecule has 0 fully saturated rings. The van der Waals surface area contributed by atoms with Gasteiger partial charge in [0, 0.05) is 16.6 Å². The third-order valence-corrected chi connectivity index (χ3v) is 4.03. The summed E-state index contributed by atoms with van der Waals surface area (Å²) in [5.41, 5.74) is 3.69. The van der Waals surface area contributed by atoms with Gasteiger partial charge in [0.1, 0.15) is 5.52 Å². The van der Waals surface area contributed by atoms with Crippen molar-refractivity contribution in [2.75, 3.05) is 5.32 Å². The molecule has 0 bridgehead atoms. The molecule has 0 aliphatic heterocycles. The standard InChI is InChI=1S/C17H15FN4OS/c1-3-14-13-9-15(19-10-16(13)22(21-14)24-18)11-6-5-7-12(8-11)20-17(23)4-2/h4-10H,2-3H2,1H3,(H,20,23). The molecule has 2 aromatic heterocycles. The van der Waals surface area contributed by atoms with Crippen LogP contribution in [0.1, 0.15) is 12.6 Å². The lowest BCUT2D eigenvalue weighted by Gasteiger charge is -2.06. The Hall–Kier alpha value is -2.67. The third kappa shape index (κ3) is 3.03. The van der Waals surface area contributed by atoms with Crippen LogP contribution in [0.2, 0.25) is 0 Å². The van der Waals surface area contributed by atoms with Gasteiger partial charge < -0.3 is 5.32 Å². The molecule has 0 saturated carbocycles. The topological polar surface area (TPSA) is 59.8 Å². The van der Waals surface area contributed by atoms with Crippen molar-refractivity contribution in [1.29, 1.82) is 0 Å². The molecule has 1 N–H and O–H groups in total. The van der Waals surface area contributed by atoms with Gasteiger partial charge in [-0.1, -0.05) is 25.6 Å². The van der Waals surface area contributed by atoms with Crippen LogP contribution < -0.4 is 5.32 Å². The molecule has 1 aromatic carbocycles. The first kappa shape index (κ1) is 16.2. The molecule has 0 radical (unpaired) electrons. The van der Waals surface area contributed by atoms with Crippen LogP contribution >= 0.6 is 12.3 Å². The molecule has 1 amide bonds. The highest BCUT2D eigenvalue weighted by atomic mass is 32.2. The van der Waals surface area contributed by atoms with Crippen LogP contribution in [0.3, 0.4) is 0 Å². The number of aryl methyl sites for hydroxylation is 1. The highest BCUT2D eigenvalue weighted by Gasteiger charge is 2.12. The first-order valence-corrected chi connectivity index (χ1v) is 8.04. The summed E-state index contributed by atoms with van der Waals surface area (Å²) in [5, 5.41) is 7.81. The van der Waals surface area contributed by atoms with Crippen molar-refractivity contribution in [3.8, 4) is 11.3 Å². The van der Waals surface area contributed by atoms with Gasteiger partial charge in [0.25, 0.3) is 0 Å². The molecular weight excluding hydrogens is 327 g/mol. The van der Waals surface area contributed by atoms with E-state index in [4.69, 9.17) is 0 Å². The van der Waals surface area contributed by atoms with Gasteiger partial charge >= 0.3 is 0 Å². The van der Waals surface area contributed by atoms with E-state index in [9.17, 15) is 8.68 Å². The number of hydrogen-bond donors (Lipinski definition) is 1. The molecule has 3 rings (SSSR count). The third-order valence-electron chi connectivity index (χ3n) is 3.62. The van der Waals surface area contributed by atoms with E-state index in [0.717, 1.165) is 22.3 Å². The minimum atomic E-state index is -0.273. The van der Waals surface area contributed by atoms with E-state index >= 15 is 0 Å². The van der Waals surface area contributed by atoms with Crippen LogP contribution in [0.4, 0.5) is 9.57 Å². The number of carbonyl (C=O) groups excluding carboxylic acids is 1. The van der Waals surface area contributed by atoms with Crippen LogP contribution in [0.25, 0.3) is 22.2 Å². The lowest BCUT2D eigenvalue weighted by atomic mass is 10.1. The summed E-state index contributed by atoms with van der Waals surface area (Å²) in [5.74, 6) is -0.273. The monoisotopic (exact) mass is 342 g/mol. The molecular formula is C17H15FN4OS. The number of halogens is 1. The van der Waals surface area contributed by atoms with Gasteiger partial charge in [0.15, 0.2) is 12.3 Å². The molecule has 7 heteroatoms. The normalized spacial score (nSPS) is 10.8. The second kappa shape index (κ2) is 6.84. The predicted molar refractivity (Wildman–Crippen MR) is 95.3 cm³/mol. The SMILES string of the molecule is C=CC(=O)Nc1cccc(-c2cc3c(CC)nn(SF)c3cn2)c1. The highest BCUT2D eigenvalue weighted by molar-refractivity contribution is 7.92. The van der Waals surface area contributed by atoms with Crippen molar-refractivity contribution in [3.63, 3.8) is 0 Å². The fourth-order valence-electron chi connectivity index (χ4n) is 2.47. The van der Waals surface area contributed by atoms with E-state index in [1.807, 2.05) is 31.2 Å².